The summed E-state index contributed by atoms with van der Waals surface area (Å²) >= 11 is 3.45. The van der Waals surface area contributed by atoms with E-state index in [1.807, 2.05) is 12.1 Å². The summed E-state index contributed by atoms with van der Waals surface area (Å²) in [6.07, 6.45) is 2.07. The van der Waals surface area contributed by atoms with Gasteiger partial charge in [0.05, 0.1) is 12.7 Å². The van der Waals surface area contributed by atoms with Gasteiger partial charge in [-0.25, -0.2) is 0 Å². The third-order valence-corrected chi connectivity index (χ3v) is 5.76. The fourth-order valence-corrected chi connectivity index (χ4v) is 3.90. The number of fused-ring (bicyclic) bond motifs is 1. The minimum atomic E-state index is -0.0772. The molecule has 0 spiro atoms. The van der Waals surface area contributed by atoms with Crippen LogP contribution in [-0.2, 0) is 13.0 Å². The third kappa shape index (κ3) is 4.27. The van der Waals surface area contributed by atoms with E-state index in [1.165, 1.54) is 11.1 Å². The predicted molar refractivity (Wildman–Crippen MR) is 108 cm³/mol. The van der Waals surface area contributed by atoms with Gasteiger partial charge in [-0.3, -0.25) is 9.69 Å². The van der Waals surface area contributed by atoms with E-state index >= 15 is 0 Å². The van der Waals surface area contributed by atoms with Crippen LogP contribution >= 0.6 is 15.9 Å². The van der Waals surface area contributed by atoms with Gasteiger partial charge in [0.1, 0.15) is 5.75 Å². The Morgan fingerprint density at radius 1 is 1.27 bits per heavy atom. The molecule has 0 aliphatic carbocycles. The number of nitrogens with zero attached hydrogens (tertiary/aromatic N) is 1. The first-order valence-electron chi connectivity index (χ1n) is 9.05. The Kier molecular flexibility index (Phi) is 6.33. The number of halogens is 1. The number of rotatable bonds is 6. The Labute approximate surface area is 163 Å². The Morgan fingerprint density at radius 3 is 2.77 bits per heavy atom. The van der Waals surface area contributed by atoms with Crippen molar-refractivity contribution in [1.82, 2.24) is 10.2 Å². The van der Waals surface area contributed by atoms with Crippen molar-refractivity contribution in [3.05, 3.63) is 63.6 Å². The van der Waals surface area contributed by atoms with Gasteiger partial charge < -0.3 is 10.1 Å². The molecule has 138 valence electrons. The molecule has 1 atom stereocenters. The van der Waals surface area contributed by atoms with Crippen molar-refractivity contribution >= 4 is 21.8 Å². The number of ether oxygens (including phenoxy) is 1. The molecule has 1 amide bonds. The van der Waals surface area contributed by atoms with E-state index in [2.05, 4.69) is 57.3 Å². The highest BCUT2D eigenvalue weighted by molar-refractivity contribution is 9.10. The second-order valence-electron chi connectivity index (χ2n) is 6.61. The maximum atomic E-state index is 12.6. The number of nitrogens with one attached hydrogen (secondary N) is 1. The molecule has 0 bridgehead atoms. The van der Waals surface area contributed by atoms with E-state index in [1.54, 1.807) is 13.2 Å². The molecule has 0 saturated heterocycles. The van der Waals surface area contributed by atoms with Gasteiger partial charge in [-0.1, -0.05) is 31.2 Å². The lowest BCUT2D eigenvalue weighted by Gasteiger charge is -2.35. The van der Waals surface area contributed by atoms with E-state index in [-0.39, 0.29) is 5.91 Å². The second kappa shape index (κ2) is 8.69. The average Bonchev–Trinajstić information content (AvgIpc) is 2.68. The van der Waals surface area contributed by atoms with Crippen LogP contribution in [0.4, 0.5) is 0 Å². The molecule has 1 heterocycles. The molecule has 0 radical (unpaired) electrons. The van der Waals surface area contributed by atoms with Crippen LogP contribution in [0, 0.1) is 0 Å². The highest BCUT2D eigenvalue weighted by Crippen LogP contribution is 2.23. The molecule has 26 heavy (non-hydrogen) atoms. The van der Waals surface area contributed by atoms with Crippen molar-refractivity contribution in [3.8, 4) is 5.75 Å². The molecule has 0 aromatic heterocycles. The summed E-state index contributed by atoms with van der Waals surface area (Å²) in [5, 5.41) is 3.10. The molecule has 2 aromatic rings. The van der Waals surface area contributed by atoms with Crippen molar-refractivity contribution in [3.63, 3.8) is 0 Å². The van der Waals surface area contributed by atoms with E-state index in [0.29, 0.717) is 23.9 Å². The SMILES string of the molecule is CC[C@H](CNC(=O)c1cc(OC)ccc1Br)N1CCc2ccccc2C1. The maximum absolute atomic E-state index is 12.6. The molecule has 0 unspecified atom stereocenters. The van der Waals surface area contributed by atoms with Crippen molar-refractivity contribution in [1.29, 1.82) is 0 Å². The zero-order valence-corrected chi connectivity index (χ0v) is 16.9. The summed E-state index contributed by atoms with van der Waals surface area (Å²) in [6.45, 7) is 4.81. The number of hydrogen-bond acceptors (Lipinski definition) is 3. The van der Waals surface area contributed by atoms with Gasteiger partial charge in [0.2, 0.25) is 0 Å². The van der Waals surface area contributed by atoms with Crippen molar-refractivity contribution in [2.45, 2.75) is 32.4 Å². The fraction of sp³-hybridized carbons (Fsp3) is 0.381. The highest BCUT2D eigenvalue weighted by atomic mass is 79.9. The molecule has 2 aromatic carbocycles. The van der Waals surface area contributed by atoms with Crippen LogP contribution < -0.4 is 10.1 Å². The van der Waals surface area contributed by atoms with Crippen LogP contribution in [0.15, 0.2) is 46.9 Å². The lowest BCUT2D eigenvalue weighted by atomic mass is 9.98. The summed E-state index contributed by atoms with van der Waals surface area (Å²) in [5.74, 6) is 0.602. The Balaban J connectivity index is 1.63. The number of carbonyl (C=O) groups is 1. The summed E-state index contributed by atoms with van der Waals surface area (Å²) in [7, 11) is 1.60. The number of benzene rings is 2. The first-order chi connectivity index (χ1) is 12.6. The van der Waals surface area contributed by atoms with Crippen LogP contribution in [0.25, 0.3) is 0 Å². The Hall–Kier alpha value is -1.85. The van der Waals surface area contributed by atoms with Crippen LogP contribution in [0.3, 0.4) is 0 Å². The van der Waals surface area contributed by atoms with Crippen LogP contribution in [0.2, 0.25) is 0 Å². The lowest BCUT2D eigenvalue weighted by molar-refractivity contribution is 0.0925. The standard InChI is InChI=1S/C21H25BrN2O2/c1-3-17(24-11-10-15-6-4-5-7-16(15)14-24)13-23-21(25)19-12-18(26-2)8-9-20(19)22/h4-9,12,17H,3,10-11,13-14H2,1-2H3,(H,23,25)/t17-/m1/s1. The smallest absolute Gasteiger partial charge is 0.252 e. The molecular weight excluding hydrogens is 392 g/mol. The van der Waals surface area contributed by atoms with Crippen LogP contribution in [0.1, 0.15) is 34.8 Å². The first-order valence-corrected chi connectivity index (χ1v) is 9.84. The first kappa shape index (κ1) is 18.9. The maximum Gasteiger partial charge on any atom is 0.252 e. The number of methoxy groups -OCH3 is 1. The largest absolute Gasteiger partial charge is 0.497 e. The molecule has 3 rings (SSSR count). The number of amides is 1. The topological polar surface area (TPSA) is 41.6 Å². The van der Waals surface area contributed by atoms with E-state index < -0.39 is 0 Å². The number of hydrogen-bond donors (Lipinski definition) is 1. The monoisotopic (exact) mass is 416 g/mol. The van der Waals surface area contributed by atoms with E-state index in [9.17, 15) is 4.79 Å². The Morgan fingerprint density at radius 2 is 2.04 bits per heavy atom. The zero-order valence-electron chi connectivity index (χ0n) is 15.3. The van der Waals surface area contributed by atoms with Gasteiger partial charge in [0, 0.05) is 30.1 Å². The summed E-state index contributed by atoms with van der Waals surface area (Å²) < 4.78 is 6.00. The average molecular weight is 417 g/mol. The summed E-state index contributed by atoms with van der Waals surface area (Å²) in [5.41, 5.74) is 3.45. The van der Waals surface area contributed by atoms with Crippen molar-refractivity contribution < 1.29 is 9.53 Å². The van der Waals surface area contributed by atoms with E-state index in [0.717, 1.165) is 30.4 Å². The number of carbonyl (C=O) groups excluding carboxylic acids is 1. The fourth-order valence-electron chi connectivity index (χ4n) is 3.47. The Bertz CT molecular complexity index is 778. The van der Waals surface area contributed by atoms with Gasteiger partial charge >= 0.3 is 0 Å². The molecule has 1 aliphatic heterocycles. The molecule has 1 aliphatic rings. The zero-order chi connectivity index (χ0) is 18.5. The molecular formula is C21H25BrN2O2. The van der Waals surface area contributed by atoms with E-state index in [4.69, 9.17) is 4.74 Å². The van der Waals surface area contributed by atoms with Gasteiger partial charge in [0.25, 0.3) is 5.91 Å². The second-order valence-corrected chi connectivity index (χ2v) is 7.46. The third-order valence-electron chi connectivity index (χ3n) is 5.06. The quantitative estimate of drug-likeness (QED) is 0.772. The predicted octanol–water partition coefficient (Wildman–Crippen LogP) is 4.02. The highest BCUT2D eigenvalue weighted by Gasteiger charge is 2.23. The van der Waals surface area contributed by atoms with Crippen molar-refractivity contribution in [2.75, 3.05) is 20.2 Å². The summed E-state index contributed by atoms with van der Waals surface area (Å²) in [4.78, 5) is 15.1. The summed E-state index contributed by atoms with van der Waals surface area (Å²) in [6, 6.07) is 14.4. The molecule has 4 nitrogen and oxygen atoms in total. The lowest BCUT2D eigenvalue weighted by Crippen LogP contribution is -2.45. The molecule has 0 fully saturated rings. The minimum Gasteiger partial charge on any atom is -0.497 e. The molecule has 1 N–H and O–H groups in total. The molecule has 0 saturated carbocycles. The van der Waals surface area contributed by atoms with Crippen LogP contribution in [0.5, 0.6) is 5.75 Å². The minimum absolute atomic E-state index is 0.0772. The normalized spacial score (nSPS) is 15.2. The van der Waals surface area contributed by atoms with Crippen molar-refractivity contribution in [2.24, 2.45) is 0 Å². The molecule has 5 heteroatoms. The van der Waals surface area contributed by atoms with Gasteiger partial charge in [0.15, 0.2) is 0 Å². The van der Waals surface area contributed by atoms with Gasteiger partial charge in [-0.2, -0.15) is 0 Å². The van der Waals surface area contributed by atoms with Gasteiger partial charge in [-0.15, -0.1) is 0 Å². The van der Waals surface area contributed by atoms with Gasteiger partial charge in [-0.05, 0) is 58.1 Å². The van der Waals surface area contributed by atoms with Crippen LogP contribution in [-0.4, -0.2) is 37.0 Å².